The summed E-state index contributed by atoms with van der Waals surface area (Å²) in [5.41, 5.74) is 7.84. The number of hydrogen-bond donors (Lipinski definition) is 1. The number of anilines is 1. The molecule has 5 nitrogen and oxygen atoms in total. The third-order valence-electron chi connectivity index (χ3n) is 3.15. The number of aromatic nitrogens is 4. The summed E-state index contributed by atoms with van der Waals surface area (Å²) in [6, 6.07) is 2.22. The van der Waals surface area contributed by atoms with E-state index in [0.29, 0.717) is 23.6 Å². The molecule has 0 atom stereocenters. The minimum Gasteiger partial charge on any atom is -0.384 e. The third-order valence-corrected chi connectivity index (χ3v) is 3.15. The van der Waals surface area contributed by atoms with Crippen LogP contribution in [0, 0.1) is 0 Å². The Morgan fingerprint density at radius 1 is 1.33 bits per heavy atom. The van der Waals surface area contributed by atoms with Crippen LogP contribution in [-0.2, 0) is 0 Å². The molecular formula is C13H17N5. The quantitative estimate of drug-likeness (QED) is 0.898. The van der Waals surface area contributed by atoms with Crippen molar-refractivity contribution in [2.45, 2.75) is 38.6 Å². The molecule has 0 saturated heterocycles. The van der Waals surface area contributed by atoms with Gasteiger partial charge in [-0.15, -0.1) is 0 Å². The first kappa shape index (κ1) is 11.2. The van der Waals surface area contributed by atoms with Gasteiger partial charge >= 0.3 is 0 Å². The zero-order valence-electron chi connectivity index (χ0n) is 10.7. The van der Waals surface area contributed by atoms with Crippen LogP contribution in [0.25, 0.3) is 11.4 Å². The topological polar surface area (TPSA) is 69.6 Å². The molecule has 2 aromatic heterocycles. The molecule has 0 amide bonds. The molecule has 0 radical (unpaired) electrons. The summed E-state index contributed by atoms with van der Waals surface area (Å²) < 4.78 is 1.90. The fourth-order valence-corrected chi connectivity index (χ4v) is 1.94. The van der Waals surface area contributed by atoms with Crippen LogP contribution < -0.4 is 5.73 Å². The zero-order valence-corrected chi connectivity index (χ0v) is 10.7. The van der Waals surface area contributed by atoms with Crippen LogP contribution in [-0.4, -0.2) is 19.7 Å². The summed E-state index contributed by atoms with van der Waals surface area (Å²) in [7, 11) is 0. The largest absolute Gasteiger partial charge is 0.384 e. The molecule has 2 heterocycles. The van der Waals surface area contributed by atoms with Crippen molar-refractivity contribution in [1.82, 2.24) is 19.7 Å². The molecule has 2 N–H and O–H groups in total. The molecule has 1 aliphatic rings. The first-order valence-corrected chi connectivity index (χ1v) is 6.32. The molecular weight excluding hydrogens is 226 g/mol. The first-order valence-electron chi connectivity index (χ1n) is 6.32. The molecule has 1 aliphatic carbocycles. The smallest absolute Gasteiger partial charge is 0.164 e. The van der Waals surface area contributed by atoms with Crippen LogP contribution in [0.2, 0.25) is 0 Å². The van der Waals surface area contributed by atoms with E-state index in [1.807, 2.05) is 16.9 Å². The Hall–Kier alpha value is -1.91. The van der Waals surface area contributed by atoms with Gasteiger partial charge in [-0.3, -0.25) is 4.68 Å². The Kier molecular flexibility index (Phi) is 2.54. The number of rotatable bonds is 3. The van der Waals surface area contributed by atoms with Gasteiger partial charge in [-0.1, -0.05) is 0 Å². The maximum Gasteiger partial charge on any atom is 0.164 e. The second kappa shape index (κ2) is 4.08. The van der Waals surface area contributed by atoms with Gasteiger partial charge in [0, 0.05) is 29.9 Å². The normalized spacial score (nSPS) is 15.3. The summed E-state index contributed by atoms with van der Waals surface area (Å²) >= 11 is 0. The minimum atomic E-state index is 0.336. The van der Waals surface area contributed by atoms with E-state index in [0.717, 1.165) is 11.3 Å². The van der Waals surface area contributed by atoms with Crippen molar-refractivity contribution in [2.24, 2.45) is 0 Å². The summed E-state index contributed by atoms with van der Waals surface area (Å²) in [5, 5.41) is 4.31. The Labute approximate surface area is 106 Å². The van der Waals surface area contributed by atoms with Crippen molar-refractivity contribution in [2.75, 3.05) is 5.73 Å². The number of nitrogen functional groups attached to an aromatic ring is 1. The lowest BCUT2D eigenvalue weighted by Gasteiger charge is -2.04. The standard InChI is InChI=1S/C13H17N5/c1-8(2)18-7-10(6-15-18)13-16-11(9-3-4-9)5-12(14)17-13/h5-9H,3-4H2,1-2H3,(H2,14,16,17). The third kappa shape index (κ3) is 2.08. The summed E-state index contributed by atoms with van der Waals surface area (Å²) in [4.78, 5) is 8.89. The second-order valence-corrected chi connectivity index (χ2v) is 5.12. The molecule has 3 rings (SSSR count). The van der Waals surface area contributed by atoms with Crippen LogP contribution in [0.4, 0.5) is 5.82 Å². The monoisotopic (exact) mass is 243 g/mol. The van der Waals surface area contributed by atoms with Gasteiger partial charge in [0.15, 0.2) is 5.82 Å². The molecule has 18 heavy (non-hydrogen) atoms. The van der Waals surface area contributed by atoms with E-state index in [1.165, 1.54) is 12.8 Å². The molecule has 1 saturated carbocycles. The molecule has 94 valence electrons. The molecule has 2 aromatic rings. The van der Waals surface area contributed by atoms with Gasteiger partial charge in [0.25, 0.3) is 0 Å². The molecule has 0 aliphatic heterocycles. The maximum absolute atomic E-state index is 5.85. The summed E-state index contributed by atoms with van der Waals surface area (Å²) in [6.45, 7) is 4.18. The summed E-state index contributed by atoms with van der Waals surface area (Å²) in [6.07, 6.45) is 6.18. The van der Waals surface area contributed by atoms with Gasteiger partial charge in [0.05, 0.1) is 11.8 Å². The Morgan fingerprint density at radius 2 is 2.11 bits per heavy atom. The Bertz CT molecular complexity index is 569. The van der Waals surface area contributed by atoms with E-state index in [9.17, 15) is 0 Å². The summed E-state index contributed by atoms with van der Waals surface area (Å²) in [5.74, 6) is 1.80. The van der Waals surface area contributed by atoms with Gasteiger partial charge in [-0.25, -0.2) is 9.97 Å². The predicted octanol–water partition coefficient (Wildman–Crippen LogP) is 2.38. The zero-order chi connectivity index (χ0) is 12.7. The van der Waals surface area contributed by atoms with Crippen molar-refractivity contribution in [3.63, 3.8) is 0 Å². The van der Waals surface area contributed by atoms with Crippen molar-refractivity contribution in [1.29, 1.82) is 0 Å². The van der Waals surface area contributed by atoms with Crippen LogP contribution in [0.5, 0.6) is 0 Å². The van der Waals surface area contributed by atoms with Crippen molar-refractivity contribution in [3.05, 3.63) is 24.2 Å². The maximum atomic E-state index is 5.85. The number of hydrogen-bond acceptors (Lipinski definition) is 4. The van der Waals surface area contributed by atoms with Gasteiger partial charge in [0.1, 0.15) is 5.82 Å². The van der Waals surface area contributed by atoms with E-state index in [1.54, 1.807) is 6.20 Å². The molecule has 0 bridgehead atoms. The van der Waals surface area contributed by atoms with Crippen molar-refractivity contribution < 1.29 is 0 Å². The highest BCUT2D eigenvalue weighted by Crippen LogP contribution is 2.39. The van der Waals surface area contributed by atoms with Gasteiger partial charge in [0.2, 0.25) is 0 Å². The first-order chi connectivity index (χ1) is 8.63. The number of nitrogens with two attached hydrogens (primary N) is 1. The van der Waals surface area contributed by atoms with E-state index < -0.39 is 0 Å². The Morgan fingerprint density at radius 3 is 2.72 bits per heavy atom. The minimum absolute atomic E-state index is 0.336. The fraction of sp³-hybridized carbons (Fsp3) is 0.462. The second-order valence-electron chi connectivity index (χ2n) is 5.12. The van der Waals surface area contributed by atoms with Crippen LogP contribution in [0.1, 0.15) is 44.3 Å². The molecule has 0 unspecified atom stereocenters. The van der Waals surface area contributed by atoms with Crippen molar-refractivity contribution >= 4 is 5.82 Å². The lowest BCUT2D eigenvalue weighted by molar-refractivity contribution is 0.532. The highest BCUT2D eigenvalue weighted by atomic mass is 15.3. The molecule has 5 heteroatoms. The van der Waals surface area contributed by atoms with Gasteiger partial charge in [-0.05, 0) is 26.7 Å². The van der Waals surface area contributed by atoms with Crippen LogP contribution in [0.3, 0.4) is 0 Å². The number of nitrogens with zero attached hydrogens (tertiary/aromatic N) is 4. The lowest BCUT2D eigenvalue weighted by atomic mass is 10.2. The molecule has 0 spiro atoms. The van der Waals surface area contributed by atoms with Crippen LogP contribution >= 0.6 is 0 Å². The average molecular weight is 243 g/mol. The molecule has 1 fully saturated rings. The van der Waals surface area contributed by atoms with Gasteiger partial charge in [-0.2, -0.15) is 5.10 Å². The Balaban J connectivity index is 1.99. The highest BCUT2D eigenvalue weighted by Gasteiger charge is 2.26. The van der Waals surface area contributed by atoms with Gasteiger partial charge < -0.3 is 5.73 Å². The van der Waals surface area contributed by atoms with Crippen LogP contribution in [0.15, 0.2) is 18.5 Å². The van der Waals surface area contributed by atoms with E-state index in [2.05, 4.69) is 28.9 Å². The average Bonchev–Trinajstić information content (AvgIpc) is 3.05. The van der Waals surface area contributed by atoms with E-state index in [4.69, 9.17) is 5.73 Å². The van der Waals surface area contributed by atoms with E-state index >= 15 is 0 Å². The van der Waals surface area contributed by atoms with Crippen molar-refractivity contribution in [3.8, 4) is 11.4 Å². The SMILES string of the molecule is CC(C)n1cc(-c2nc(N)cc(C3CC3)n2)cn1. The fourth-order valence-electron chi connectivity index (χ4n) is 1.94. The lowest BCUT2D eigenvalue weighted by Crippen LogP contribution is -2.00. The highest BCUT2D eigenvalue weighted by molar-refractivity contribution is 5.55. The predicted molar refractivity (Wildman–Crippen MR) is 70.0 cm³/mol. The molecule has 0 aromatic carbocycles. The van der Waals surface area contributed by atoms with E-state index in [-0.39, 0.29) is 0 Å².